The molecule has 0 heterocycles. The van der Waals surface area contributed by atoms with Crippen LogP contribution in [0.1, 0.15) is 25.0 Å². The van der Waals surface area contributed by atoms with Crippen LogP contribution in [0.4, 0.5) is 11.4 Å². The van der Waals surface area contributed by atoms with Crippen molar-refractivity contribution in [3.05, 3.63) is 71.8 Å². The Morgan fingerprint density at radius 3 is 2.48 bits per heavy atom. The van der Waals surface area contributed by atoms with Crippen LogP contribution >= 0.6 is 0 Å². The number of anilines is 2. The first kappa shape index (κ1) is 17.0. The van der Waals surface area contributed by atoms with Crippen LogP contribution in [0.2, 0.25) is 0 Å². The number of hydrogen-bond donors (Lipinski definition) is 2. The molecule has 0 saturated carbocycles. The smallest absolute Gasteiger partial charge is 0.226 e. The number of benzene rings is 3. The lowest BCUT2D eigenvalue weighted by atomic mass is 10.1. The number of hydrogen-bond acceptors (Lipinski definition) is 2. The van der Waals surface area contributed by atoms with Gasteiger partial charge in [-0.3, -0.25) is 4.79 Å². The van der Waals surface area contributed by atoms with Gasteiger partial charge in [-0.05, 0) is 47.0 Å². The molecule has 0 bridgehead atoms. The normalized spacial score (nSPS) is 10.9. The van der Waals surface area contributed by atoms with Gasteiger partial charge in [-0.25, -0.2) is 0 Å². The topological polar surface area (TPSA) is 41.1 Å². The van der Waals surface area contributed by atoms with Crippen LogP contribution in [0, 0.1) is 12.8 Å². The molecule has 3 aromatic carbocycles. The Labute approximate surface area is 149 Å². The van der Waals surface area contributed by atoms with Gasteiger partial charge in [0.2, 0.25) is 5.91 Å². The van der Waals surface area contributed by atoms with E-state index in [-0.39, 0.29) is 11.8 Å². The molecule has 0 unspecified atom stereocenters. The van der Waals surface area contributed by atoms with Gasteiger partial charge in [0.15, 0.2) is 0 Å². The van der Waals surface area contributed by atoms with Gasteiger partial charge in [0, 0.05) is 23.8 Å². The minimum Gasteiger partial charge on any atom is -0.381 e. The lowest BCUT2D eigenvalue weighted by Crippen LogP contribution is -2.17. The summed E-state index contributed by atoms with van der Waals surface area (Å²) in [7, 11) is 0. The molecular weight excluding hydrogens is 308 g/mol. The number of carbonyl (C=O) groups is 1. The van der Waals surface area contributed by atoms with Crippen LogP contribution in [0.3, 0.4) is 0 Å². The van der Waals surface area contributed by atoms with E-state index in [9.17, 15) is 4.79 Å². The summed E-state index contributed by atoms with van der Waals surface area (Å²) in [6.45, 7) is 6.59. The van der Waals surface area contributed by atoms with Crippen molar-refractivity contribution in [2.24, 2.45) is 5.92 Å². The predicted octanol–water partition coefficient (Wildman–Crippen LogP) is 5.35. The highest BCUT2D eigenvalue weighted by atomic mass is 16.1. The maximum Gasteiger partial charge on any atom is 0.226 e. The van der Waals surface area contributed by atoms with Crippen molar-refractivity contribution in [3.63, 3.8) is 0 Å². The van der Waals surface area contributed by atoms with Gasteiger partial charge >= 0.3 is 0 Å². The van der Waals surface area contributed by atoms with Crippen molar-refractivity contribution < 1.29 is 4.79 Å². The summed E-state index contributed by atoms with van der Waals surface area (Å²) < 4.78 is 0. The Balaban J connectivity index is 1.74. The zero-order valence-corrected chi connectivity index (χ0v) is 15.0. The molecule has 0 fully saturated rings. The van der Waals surface area contributed by atoms with Gasteiger partial charge in [-0.1, -0.05) is 56.3 Å². The molecule has 0 aromatic heterocycles. The third-order valence-electron chi connectivity index (χ3n) is 4.33. The molecule has 0 aliphatic heterocycles. The number of nitrogens with one attached hydrogen (secondary N) is 2. The van der Waals surface area contributed by atoms with Crippen LogP contribution in [-0.2, 0) is 11.3 Å². The fraction of sp³-hybridized carbons (Fsp3) is 0.227. The molecule has 1 amide bonds. The van der Waals surface area contributed by atoms with Gasteiger partial charge in [0.1, 0.15) is 0 Å². The second kappa shape index (κ2) is 7.39. The van der Waals surface area contributed by atoms with E-state index in [0.717, 1.165) is 23.5 Å². The molecule has 3 heteroatoms. The summed E-state index contributed by atoms with van der Waals surface area (Å²) >= 11 is 0. The Morgan fingerprint density at radius 1 is 0.960 bits per heavy atom. The number of carbonyl (C=O) groups excluding carboxylic acids is 1. The largest absolute Gasteiger partial charge is 0.381 e. The summed E-state index contributed by atoms with van der Waals surface area (Å²) in [4.78, 5) is 11.9. The Hall–Kier alpha value is -2.81. The fourth-order valence-electron chi connectivity index (χ4n) is 2.72. The first-order chi connectivity index (χ1) is 12.0. The minimum absolute atomic E-state index is 0.0318. The summed E-state index contributed by atoms with van der Waals surface area (Å²) in [6, 6.07) is 20.8. The van der Waals surface area contributed by atoms with E-state index in [1.54, 1.807) is 0 Å². The zero-order valence-electron chi connectivity index (χ0n) is 15.0. The van der Waals surface area contributed by atoms with Crippen molar-refractivity contribution in [2.75, 3.05) is 10.6 Å². The van der Waals surface area contributed by atoms with Gasteiger partial charge < -0.3 is 10.6 Å². The average Bonchev–Trinajstić information content (AvgIpc) is 2.61. The number of fused-ring (bicyclic) bond motifs is 1. The fourth-order valence-corrected chi connectivity index (χ4v) is 2.72. The van der Waals surface area contributed by atoms with Gasteiger partial charge in [0.05, 0.1) is 0 Å². The van der Waals surface area contributed by atoms with E-state index in [0.29, 0.717) is 0 Å². The lowest BCUT2D eigenvalue weighted by molar-refractivity contribution is -0.118. The molecule has 3 rings (SSSR count). The molecule has 0 aliphatic carbocycles. The summed E-state index contributed by atoms with van der Waals surface area (Å²) in [5.74, 6) is -0.000329. The van der Waals surface area contributed by atoms with E-state index in [4.69, 9.17) is 0 Å². The van der Waals surface area contributed by atoms with Gasteiger partial charge in [-0.15, -0.1) is 0 Å². The molecule has 0 aliphatic rings. The van der Waals surface area contributed by atoms with Crippen molar-refractivity contribution in [2.45, 2.75) is 27.3 Å². The van der Waals surface area contributed by atoms with E-state index in [1.807, 2.05) is 32.0 Å². The highest BCUT2D eigenvalue weighted by Gasteiger charge is 2.08. The third kappa shape index (κ3) is 4.18. The molecule has 0 atom stereocenters. The van der Waals surface area contributed by atoms with Gasteiger partial charge in [-0.2, -0.15) is 0 Å². The molecule has 0 spiro atoms. The Bertz CT molecular complexity index is 899. The molecule has 3 nitrogen and oxygen atoms in total. The quantitative estimate of drug-likeness (QED) is 0.661. The summed E-state index contributed by atoms with van der Waals surface area (Å²) in [5, 5.41) is 8.94. The number of amides is 1. The van der Waals surface area contributed by atoms with Crippen LogP contribution in [0.25, 0.3) is 10.8 Å². The molecule has 0 radical (unpaired) electrons. The van der Waals surface area contributed by atoms with E-state index in [1.165, 1.54) is 16.3 Å². The lowest BCUT2D eigenvalue weighted by Gasteiger charge is -2.14. The SMILES string of the molecule is Cc1ccc(NC(=O)C(C)C)cc1NCc1ccc2ccccc2c1. The second-order valence-electron chi connectivity index (χ2n) is 6.71. The predicted molar refractivity (Wildman–Crippen MR) is 106 cm³/mol. The molecule has 2 N–H and O–H groups in total. The van der Waals surface area contributed by atoms with Crippen LogP contribution < -0.4 is 10.6 Å². The Kier molecular flexibility index (Phi) is 5.03. The summed E-state index contributed by atoms with van der Waals surface area (Å²) in [5.41, 5.74) is 4.25. The zero-order chi connectivity index (χ0) is 17.8. The third-order valence-corrected chi connectivity index (χ3v) is 4.33. The highest BCUT2D eigenvalue weighted by molar-refractivity contribution is 5.92. The maximum atomic E-state index is 11.9. The monoisotopic (exact) mass is 332 g/mol. The summed E-state index contributed by atoms with van der Waals surface area (Å²) in [6.07, 6.45) is 0. The molecule has 3 aromatic rings. The second-order valence-corrected chi connectivity index (χ2v) is 6.71. The average molecular weight is 332 g/mol. The Morgan fingerprint density at radius 2 is 1.72 bits per heavy atom. The van der Waals surface area contributed by atoms with Crippen LogP contribution in [-0.4, -0.2) is 5.91 Å². The maximum absolute atomic E-state index is 11.9. The van der Waals surface area contributed by atoms with Crippen molar-refractivity contribution in [1.29, 1.82) is 0 Å². The minimum atomic E-state index is -0.0321. The van der Waals surface area contributed by atoms with Crippen LogP contribution in [0.15, 0.2) is 60.7 Å². The molecule has 25 heavy (non-hydrogen) atoms. The van der Waals surface area contributed by atoms with Crippen molar-refractivity contribution in [1.82, 2.24) is 0 Å². The molecule has 128 valence electrons. The van der Waals surface area contributed by atoms with E-state index < -0.39 is 0 Å². The first-order valence-corrected chi connectivity index (χ1v) is 8.66. The molecule has 0 saturated heterocycles. The number of rotatable bonds is 5. The van der Waals surface area contributed by atoms with E-state index >= 15 is 0 Å². The molecular formula is C22H24N2O. The standard InChI is InChI=1S/C22H24N2O/c1-15(2)22(25)24-20-11-8-16(3)21(13-20)23-14-17-9-10-18-6-4-5-7-19(18)12-17/h4-13,15,23H,14H2,1-3H3,(H,24,25). The van der Waals surface area contributed by atoms with E-state index in [2.05, 4.69) is 60.0 Å². The van der Waals surface area contributed by atoms with Gasteiger partial charge in [0.25, 0.3) is 0 Å². The van der Waals surface area contributed by atoms with Crippen molar-refractivity contribution in [3.8, 4) is 0 Å². The highest BCUT2D eigenvalue weighted by Crippen LogP contribution is 2.22. The van der Waals surface area contributed by atoms with Crippen molar-refractivity contribution >= 4 is 28.1 Å². The van der Waals surface area contributed by atoms with Crippen LogP contribution in [0.5, 0.6) is 0 Å². The first-order valence-electron chi connectivity index (χ1n) is 8.66. The number of aryl methyl sites for hydroxylation is 1.